The first-order chi connectivity index (χ1) is 9.68. The Morgan fingerprint density at radius 3 is 2.43 bits per heavy atom. The molecule has 0 bridgehead atoms. The van der Waals surface area contributed by atoms with Crippen molar-refractivity contribution in [1.82, 2.24) is 9.97 Å². The molecule has 0 aliphatic heterocycles. The Hall–Kier alpha value is -0.710. The maximum absolute atomic E-state index is 13.1. The van der Waals surface area contributed by atoms with Crippen LogP contribution in [-0.4, -0.2) is 9.97 Å². The topological polar surface area (TPSA) is 25.8 Å². The summed E-state index contributed by atoms with van der Waals surface area (Å²) in [4.78, 5) is 8.83. The number of nitrogens with zero attached hydrogens (tertiary/aromatic N) is 2. The van der Waals surface area contributed by atoms with Gasteiger partial charge in [-0.05, 0) is 33.6 Å². The average Bonchev–Trinajstić information content (AvgIpc) is 2.35. The van der Waals surface area contributed by atoms with E-state index in [2.05, 4.69) is 25.9 Å². The summed E-state index contributed by atoms with van der Waals surface area (Å²) < 4.78 is 13.8. The Labute approximate surface area is 141 Å². The summed E-state index contributed by atoms with van der Waals surface area (Å²) in [6.45, 7) is 6.14. The second kappa shape index (κ2) is 6.19. The zero-order chi connectivity index (χ0) is 15.8. The molecule has 0 aliphatic carbocycles. The molecule has 6 heteroatoms. The SMILES string of the molecule is CC(C)(C)c1nc(Cc2ccc(F)cc2Cl)nc(Cl)c1Br. The summed E-state index contributed by atoms with van der Waals surface area (Å²) in [5.74, 6) is 0.190. The summed E-state index contributed by atoms with van der Waals surface area (Å²) in [5, 5.41) is 0.720. The lowest BCUT2D eigenvalue weighted by Gasteiger charge is -2.20. The van der Waals surface area contributed by atoms with E-state index in [1.54, 1.807) is 6.07 Å². The first-order valence-corrected chi connectivity index (χ1v) is 7.89. The minimum Gasteiger partial charge on any atom is -0.236 e. The second-order valence-electron chi connectivity index (χ2n) is 5.76. The van der Waals surface area contributed by atoms with E-state index in [9.17, 15) is 4.39 Å². The minimum atomic E-state index is -0.367. The summed E-state index contributed by atoms with van der Waals surface area (Å²) in [5.41, 5.74) is 1.42. The standard InChI is InChI=1S/C15H14BrCl2FN2/c1-15(2,3)13-12(16)14(18)21-11(20-13)6-8-4-5-9(19)7-10(8)17/h4-5,7H,6H2,1-3H3. The molecule has 2 aromatic rings. The van der Waals surface area contributed by atoms with Crippen molar-refractivity contribution in [2.75, 3.05) is 0 Å². The molecule has 0 aliphatic rings. The molecule has 0 spiro atoms. The fraction of sp³-hybridized carbons (Fsp3) is 0.333. The normalized spacial score (nSPS) is 11.8. The highest BCUT2D eigenvalue weighted by Crippen LogP contribution is 2.32. The van der Waals surface area contributed by atoms with Crippen LogP contribution in [0.15, 0.2) is 22.7 Å². The van der Waals surface area contributed by atoms with E-state index in [1.807, 2.05) is 20.8 Å². The number of aromatic nitrogens is 2. The molecule has 0 fully saturated rings. The molecular formula is C15H14BrCl2FN2. The Bertz CT molecular complexity index is 684. The fourth-order valence-electron chi connectivity index (χ4n) is 1.87. The van der Waals surface area contributed by atoms with Gasteiger partial charge in [-0.3, -0.25) is 0 Å². The van der Waals surface area contributed by atoms with E-state index in [1.165, 1.54) is 12.1 Å². The van der Waals surface area contributed by atoms with Crippen molar-refractivity contribution in [3.05, 3.63) is 55.7 Å². The first kappa shape index (κ1) is 16.7. The summed E-state index contributed by atoms with van der Waals surface area (Å²) in [6.07, 6.45) is 0.398. The predicted octanol–water partition coefficient (Wildman–Crippen LogP) is 5.57. The largest absolute Gasteiger partial charge is 0.236 e. The molecule has 0 saturated heterocycles. The van der Waals surface area contributed by atoms with Gasteiger partial charge in [0.05, 0.1) is 10.2 Å². The van der Waals surface area contributed by atoms with Gasteiger partial charge in [-0.2, -0.15) is 0 Å². The van der Waals surface area contributed by atoms with E-state index in [-0.39, 0.29) is 11.2 Å². The van der Waals surface area contributed by atoms with E-state index in [0.29, 0.717) is 26.9 Å². The fourth-order valence-corrected chi connectivity index (χ4v) is 3.07. The van der Waals surface area contributed by atoms with Crippen LogP contribution in [0, 0.1) is 5.82 Å². The Morgan fingerprint density at radius 2 is 1.86 bits per heavy atom. The van der Waals surface area contributed by atoms with Gasteiger partial charge in [0, 0.05) is 16.9 Å². The molecule has 21 heavy (non-hydrogen) atoms. The quantitative estimate of drug-likeness (QED) is 0.625. The van der Waals surface area contributed by atoms with Gasteiger partial charge in [0.25, 0.3) is 0 Å². The summed E-state index contributed by atoms with van der Waals surface area (Å²) in [7, 11) is 0. The third-order valence-electron chi connectivity index (χ3n) is 2.93. The van der Waals surface area contributed by atoms with E-state index >= 15 is 0 Å². The Kier molecular flexibility index (Phi) is 4.91. The number of rotatable bonds is 2. The number of halogens is 4. The van der Waals surface area contributed by atoms with Crippen LogP contribution in [0.3, 0.4) is 0 Å². The van der Waals surface area contributed by atoms with Crippen LogP contribution < -0.4 is 0 Å². The van der Waals surface area contributed by atoms with Gasteiger partial charge in [0.15, 0.2) is 0 Å². The van der Waals surface area contributed by atoms with E-state index < -0.39 is 0 Å². The van der Waals surface area contributed by atoms with Crippen molar-refractivity contribution in [3.8, 4) is 0 Å². The molecule has 112 valence electrons. The van der Waals surface area contributed by atoms with Gasteiger partial charge in [-0.15, -0.1) is 0 Å². The van der Waals surface area contributed by atoms with Crippen LogP contribution in [0.1, 0.15) is 37.9 Å². The predicted molar refractivity (Wildman–Crippen MR) is 87.7 cm³/mol. The van der Waals surface area contributed by atoms with Crippen molar-refractivity contribution in [3.63, 3.8) is 0 Å². The third kappa shape index (κ3) is 3.93. The summed E-state index contributed by atoms with van der Waals surface area (Å²) >= 11 is 15.6. The Balaban J connectivity index is 2.43. The van der Waals surface area contributed by atoms with Crippen molar-refractivity contribution in [1.29, 1.82) is 0 Å². The van der Waals surface area contributed by atoms with E-state index in [0.717, 1.165) is 11.3 Å². The molecule has 0 N–H and O–H groups in total. The molecule has 1 aromatic heterocycles. The number of benzene rings is 1. The van der Waals surface area contributed by atoms with Gasteiger partial charge in [0.1, 0.15) is 16.8 Å². The van der Waals surface area contributed by atoms with Crippen LogP contribution in [0.4, 0.5) is 4.39 Å². The Morgan fingerprint density at radius 1 is 1.19 bits per heavy atom. The molecule has 0 radical (unpaired) electrons. The zero-order valence-electron chi connectivity index (χ0n) is 11.8. The molecule has 2 nitrogen and oxygen atoms in total. The molecule has 0 atom stereocenters. The van der Waals surface area contributed by atoms with Crippen LogP contribution >= 0.6 is 39.1 Å². The smallest absolute Gasteiger partial charge is 0.147 e. The monoisotopic (exact) mass is 390 g/mol. The van der Waals surface area contributed by atoms with Crippen LogP contribution in [0.5, 0.6) is 0 Å². The van der Waals surface area contributed by atoms with Crippen molar-refractivity contribution in [2.24, 2.45) is 0 Å². The first-order valence-electron chi connectivity index (χ1n) is 6.35. The highest BCUT2D eigenvalue weighted by Gasteiger charge is 2.22. The van der Waals surface area contributed by atoms with Gasteiger partial charge in [0.2, 0.25) is 0 Å². The van der Waals surface area contributed by atoms with Crippen molar-refractivity contribution >= 4 is 39.1 Å². The summed E-state index contributed by atoms with van der Waals surface area (Å²) in [6, 6.07) is 4.28. The zero-order valence-corrected chi connectivity index (χ0v) is 14.9. The lowest BCUT2D eigenvalue weighted by atomic mass is 9.92. The third-order valence-corrected chi connectivity index (χ3v) is 4.54. The van der Waals surface area contributed by atoms with Gasteiger partial charge in [-0.1, -0.05) is 50.0 Å². The average molecular weight is 392 g/mol. The van der Waals surface area contributed by atoms with Gasteiger partial charge in [-0.25, -0.2) is 14.4 Å². The van der Waals surface area contributed by atoms with E-state index in [4.69, 9.17) is 23.2 Å². The molecular weight excluding hydrogens is 378 g/mol. The van der Waals surface area contributed by atoms with Crippen LogP contribution in [-0.2, 0) is 11.8 Å². The van der Waals surface area contributed by atoms with Crippen LogP contribution in [0.2, 0.25) is 10.2 Å². The second-order valence-corrected chi connectivity index (χ2v) is 7.31. The molecule has 0 unspecified atom stereocenters. The lowest BCUT2D eigenvalue weighted by Crippen LogP contribution is -2.17. The molecule has 2 rings (SSSR count). The van der Waals surface area contributed by atoms with Gasteiger partial charge < -0.3 is 0 Å². The van der Waals surface area contributed by atoms with Crippen molar-refractivity contribution in [2.45, 2.75) is 32.6 Å². The highest BCUT2D eigenvalue weighted by atomic mass is 79.9. The van der Waals surface area contributed by atoms with Crippen LogP contribution in [0.25, 0.3) is 0 Å². The number of hydrogen-bond acceptors (Lipinski definition) is 2. The highest BCUT2D eigenvalue weighted by molar-refractivity contribution is 9.10. The van der Waals surface area contributed by atoms with Gasteiger partial charge >= 0.3 is 0 Å². The maximum atomic E-state index is 13.1. The molecule has 0 amide bonds. The number of hydrogen-bond donors (Lipinski definition) is 0. The lowest BCUT2D eigenvalue weighted by molar-refractivity contribution is 0.559. The minimum absolute atomic E-state index is 0.174. The maximum Gasteiger partial charge on any atom is 0.147 e. The van der Waals surface area contributed by atoms with Crippen molar-refractivity contribution < 1.29 is 4.39 Å². The molecule has 1 aromatic carbocycles. The molecule has 1 heterocycles. The molecule has 0 saturated carbocycles.